The number of hydrogen-bond acceptors (Lipinski definition) is 3. The van der Waals surface area contributed by atoms with Crippen molar-refractivity contribution in [1.82, 2.24) is 9.88 Å². The van der Waals surface area contributed by atoms with E-state index in [2.05, 4.69) is 10.3 Å². The van der Waals surface area contributed by atoms with Gasteiger partial charge in [0, 0.05) is 17.4 Å². The minimum absolute atomic E-state index is 0.0854. The van der Waals surface area contributed by atoms with E-state index >= 15 is 0 Å². The zero-order chi connectivity index (χ0) is 26.5. The van der Waals surface area contributed by atoms with Crippen molar-refractivity contribution < 1.29 is 27.9 Å². The first-order valence-corrected chi connectivity index (χ1v) is 11.2. The maximum absolute atomic E-state index is 14.4. The van der Waals surface area contributed by atoms with Gasteiger partial charge in [0.15, 0.2) is 0 Å². The summed E-state index contributed by atoms with van der Waals surface area (Å²) in [4.78, 5) is 30.5. The number of para-hydroxylation sites is 1. The Balaban J connectivity index is 1.82. The Morgan fingerprint density at radius 3 is 1.95 bits per heavy atom. The van der Waals surface area contributed by atoms with Crippen molar-refractivity contribution in [3.05, 3.63) is 132 Å². The van der Waals surface area contributed by atoms with Crippen molar-refractivity contribution in [1.29, 1.82) is 0 Å². The quantitative estimate of drug-likeness (QED) is 0.335. The van der Waals surface area contributed by atoms with Crippen molar-refractivity contribution in [2.45, 2.75) is 18.4 Å². The highest BCUT2D eigenvalue weighted by Gasteiger charge is 2.49. The van der Waals surface area contributed by atoms with Gasteiger partial charge in [0.2, 0.25) is 5.60 Å². The second-order valence-corrected chi connectivity index (χ2v) is 8.11. The summed E-state index contributed by atoms with van der Waals surface area (Å²) < 4.78 is 42.2. The van der Waals surface area contributed by atoms with Gasteiger partial charge in [-0.15, -0.1) is 13.2 Å². The molecular formula is C28H21F3N3O3. The molecule has 1 atom stereocenters. The first kappa shape index (κ1) is 25.6. The van der Waals surface area contributed by atoms with Gasteiger partial charge in [-0.2, -0.15) is 0 Å². The molecule has 4 aromatic rings. The van der Waals surface area contributed by atoms with E-state index in [4.69, 9.17) is 0 Å². The number of halogens is 3. The standard InChI is InChI=1S/C28H21F3N3O3/c29-28(30,31)34(19-20-11-4-1-5-12-20)25(35)23-17-10-18-32-24(23)27(37,21-13-6-2-7-14-21)26(36)33-22-15-8-3-9-16-22/h1-18H,19H2,(H,33,36). The third kappa shape index (κ3) is 5.52. The van der Waals surface area contributed by atoms with Crippen LogP contribution in [0.15, 0.2) is 109 Å². The van der Waals surface area contributed by atoms with Gasteiger partial charge in [-0.25, -0.2) is 10.0 Å². The van der Waals surface area contributed by atoms with E-state index in [0.717, 1.165) is 12.3 Å². The Labute approximate surface area is 211 Å². The average molecular weight is 504 g/mol. The van der Waals surface area contributed by atoms with Crippen molar-refractivity contribution in [3.8, 4) is 0 Å². The van der Waals surface area contributed by atoms with Crippen LogP contribution >= 0.6 is 0 Å². The molecule has 1 radical (unpaired) electrons. The minimum atomic E-state index is -5.06. The van der Waals surface area contributed by atoms with Crippen molar-refractivity contribution in [2.24, 2.45) is 0 Å². The number of aromatic nitrogens is 1. The van der Waals surface area contributed by atoms with E-state index in [1.807, 2.05) is 0 Å². The van der Waals surface area contributed by atoms with Crippen LogP contribution in [0.2, 0.25) is 0 Å². The summed E-state index contributed by atoms with van der Waals surface area (Å²) in [6, 6.07) is 25.4. The maximum Gasteiger partial charge on any atom is 0.487 e. The normalized spacial score (nSPS) is 12.9. The minimum Gasteiger partial charge on any atom is -0.323 e. The number of amides is 2. The first-order chi connectivity index (χ1) is 17.7. The molecule has 9 heteroatoms. The van der Waals surface area contributed by atoms with Crippen LogP contribution in [0.4, 0.5) is 18.9 Å². The number of benzene rings is 3. The van der Waals surface area contributed by atoms with E-state index in [1.54, 1.807) is 54.6 Å². The molecule has 0 aliphatic carbocycles. The van der Waals surface area contributed by atoms with Gasteiger partial charge in [-0.3, -0.25) is 14.6 Å². The summed E-state index contributed by atoms with van der Waals surface area (Å²) in [5, 5.41) is 16.9. The molecule has 0 spiro atoms. The fourth-order valence-electron chi connectivity index (χ4n) is 3.84. The van der Waals surface area contributed by atoms with E-state index in [9.17, 15) is 27.9 Å². The van der Waals surface area contributed by atoms with E-state index in [0.29, 0.717) is 5.69 Å². The van der Waals surface area contributed by atoms with Crippen LogP contribution in [0, 0.1) is 0 Å². The number of anilines is 1. The maximum atomic E-state index is 14.4. The number of rotatable bonds is 7. The summed E-state index contributed by atoms with van der Waals surface area (Å²) in [6.45, 7) is -0.787. The molecule has 37 heavy (non-hydrogen) atoms. The molecule has 0 aliphatic heterocycles. The highest BCUT2D eigenvalue weighted by Crippen LogP contribution is 2.35. The largest absolute Gasteiger partial charge is 0.487 e. The molecule has 1 unspecified atom stereocenters. The number of alkyl halides is 3. The van der Waals surface area contributed by atoms with Crippen LogP contribution in [0.1, 0.15) is 27.2 Å². The van der Waals surface area contributed by atoms with Gasteiger partial charge in [0.05, 0.1) is 12.1 Å². The molecule has 6 nitrogen and oxygen atoms in total. The summed E-state index contributed by atoms with van der Waals surface area (Å²) in [5.74, 6) is -2.60. The molecule has 0 aliphatic rings. The van der Waals surface area contributed by atoms with E-state index in [1.165, 1.54) is 42.5 Å². The zero-order valence-electron chi connectivity index (χ0n) is 19.4. The summed E-state index contributed by atoms with van der Waals surface area (Å²) in [7, 11) is 0. The van der Waals surface area contributed by atoms with Crippen molar-refractivity contribution >= 4 is 17.5 Å². The van der Waals surface area contributed by atoms with Crippen LogP contribution in [0.5, 0.6) is 0 Å². The van der Waals surface area contributed by atoms with Gasteiger partial charge in [0.25, 0.3) is 11.8 Å². The molecule has 0 saturated heterocycles. The molecule has 1 N–H and O–H groups in total. The number of carbonyl (C=O) groups is 2. The third-order valence-corrected chi connectivity index (χ3v) is 5.64. The van der Waals surface area contributed by atoms with Crippen molar-refractivity contribution in [2.75, 3.05) is 5.32 Å². The molecule has 0 fully saturated rings. The molecule has 2 amide bonds. The van der Waals surface area contributed by atoms with Gasteiger partial charge < -0.3 is 5.32 Å². The number of nitrogens with one attached hydrogen (secondary N) is 1. The van der Waals surface area contributed by atoms with E-state index in [-0.39, 0.29) is 16.0 Å². The fourth-order valence-corrected chi connectivity index (χ4v) is 3.84. The van der Waals surface area contributed by atoms with E-state index < -0.39 is 41.5 Å². The smallest absolute Gasteiger partial charge is 0.323 e. The number of pyridine rings is 1. The van der Waals surface area contributed by atoms with Crippen LogP contribution in [-0.2, 0) is 22.0 Å². The summed E-state index contributed by atoms with van der Waals surface area (Å²) in [5.41, 5.74) is -3.66. The predicted molar refractivity (Wildman–Crippen MR) is 130 cm³/mol. The van der Waals surface area contributed by atoms with Crippen LogP contribution < -0.4 is 5.32 Å². The zero-order valence-corrected chi connectivity index (χ0v) is 19.4. The predicted octanol–water partition coefficient (Wildman–Crippen LogP) is 5.56. The highest BCUT2D eigenvalue weighted by atomic mass is 19.4. The molecule has 4 rings (SSSR count). The lowest BCUT2D eigenvalue weighted by Crippen LogP contribution is -2.46. The lowest BCUT2D eigenvalue weighted by Gasteiger charge is -2.29. The monoisotopic (exact) mass is 504 g/mol. The molecular weight excluding hydrogens is 483 g/mol. The Kier molecular flexibility index (Phi) is 7.35. The van der Waals surface area contributed by atoms with Crippen LogP contribution in [0.3, 0.4) is 0 Å². The van der Waals surface area contributed by atoms with Gasteiger partial charge in [-0.05, 0) is 29.8 Å². The third-order valence-electron chi connectivity index (χ3n) is 5.64. The van der Waals surface area contributed by atoms with Crippen molar-refractivity contribution in [3.63, 3.8) is 0 Å². The molecule has 3 aromatic carbocycles. The van der Waals surface area contributed by atoms with Gasteiger partial charge in [0.1, 0.15) is 5.69 Å². The SMILES string of the molecule is [O]C(C(=O)Nc1ccccc1)(c1ccccc1)c1ncccc1C(=O)N(Cc1ccccc1)C(F)(F)F. The molecule has 1 heterocycles. The number of nitrogens with zero attached hydrogens (tertiary/aromatic N) is 2. The Morgan fingerprint density at radius 2 is 1.35 bits per heavy atom. The second kappa shape index (κ2) is 10.6. The molecule has 0 saturated carbocycles. The lowest BCUT2D eigenvalue weighted by atomic mass is 9.86. The second-order valence-electron chi connectivity index (χ2n) is 8.11. The number of hydrogen-bond donors (Lipinski definition) is 1. The fraction of sp³-hybridized carbons (Fsp3) is 0.107. The summed E-state index contributed by atoms with van der Waals surface area (Å²) >= 11 is 0. The molecule has 0 bridgehead atoms. The Hall–Kier alpha value is -4.50. The Morgan fingerprint density at radius 1 is 0.784 bits per heavy atom. The number of carbonyl (C=O) groups excluding carboxylic acids is 2. The average Bonchev–Trinajstić information content (AvgIpc) is 2.92. The topological polar surface area (TPSA) is 82.2 Å². The van der Waals surface area contributed by atoms with Gasteiger partial charge >= 0.3 is 6.30 Å². The Bertz CT molecular complexity index is 1370. The molecule has 1 aromatic heterocycles. The van der Waals surface area contributed by atoms with Crippen LogP contribution in [-0.4, -0.2) is 28.0 Å². The van der Waals surface area contributed by atoms with Crippen LogP contribution in [0.25, 0.3) is 0 Å². The van der Waals surface area contributed by atoms with Gasteiger partial charge in [-0.1, -0.05) is 78.9 Å². The molecule has 187 valence electrons. The summed E-state index contributed by atoms with van der Waals surface area (Å²) in [6.07, 6.45) is -3.91. The highest BCUT2D eigenvalue weighted by molar-refractivity contribution is 6.03. The first-order valence-electron chi connectivity index (χ1n) is 11.2. The lowest BCUT2D eigenvalue weighted by molar-refractivity contribution is -0.228.